The fraction of sp³-hybridized carbons (Fsp3) is 0.909. The molecule has 76 valence electrons. The smallest absolute Gasteiger partial charge is 0.306 e. The predicted molar refractivity (Wildman–Crippen MR) is 52.5 cm³/mol. The standard InChI is InChI=1S/C11H20O2/c1-3-8(2)9-4-6-10(7-5-9)11(12)13/h8-10H,3-7H2,1-2H3,(H,12,13). The maximum absolute atomic E-state index is 10.7. The summed E-state index contributed by atoms with van der Waals surface area (Å²) in [4.78, 5) is 10.7. The lowest BCUT2D eigenvalue weighted by Crippen LogP contribution is -2.24. The molecule has 0 aromatic heterocycles. The third-order valence-corrected chi connectivity index (χ3v) is 3.57. The van der Waals surface area contributed by atoms with E-state index in [1.807, 2.05) is 0 Å². The number of rotatable bonds is 3. The molecular weight excluding hydrogens is 164 g/mol. The lowest BCUT2D eigenvalue weighted by atomic mass is 9.76. The van der Waals surface area contributed by atoms with Gasteiger partial charge < -0.3 is 5.11 Å². The van der Waals surface area contributed by atoms with Gasteiger partial charge in [0.15, 0.2) is 0 Å². The molecule has 2 heteroatoms. The van der Waals surface area contributed by atoms with Gasteiger partial charge in [-0.3, -0.25) is 4.79 Å². The van der Waals surface area contributed by atoms with E-state index < -0.39 is 5.97 Å². The molecule has 0 radical (unpaired) electrons. The van der Waals surface area contributed by atoms with E-state index in [-0.39, 0.29) is 5.92 Å². The van der Waals surface area contributed by atoms with Crippen LogP contribution in [0, 0.1) is 17.8 Å². The Bertz CT molecular complexity index is 169. The van der Waals surface area contributed by atoms with Gasteiger partial charge in [-0.05, 0) is 37.5 Å². The summed E-state index contributed by atoms with van der Waals surface area (Å²) in [7, 11) is 0. The zero-order valence-corrected chi connectivity index (χ0v) is 8.62. The van der Waals surface area contributed by atoms with Crippen molar-refractivity contribution in [1.82, 2.24) is 0 Å². The summed E-state index contributed by atoms with van der Waals surface area (Å²) in [5.74, 6) is 0.901. The molecule has 1 unspecified atom stereocenters. The summed E-state index contributed by atoms with van der Waals surface area (Å²) in [5.41, 5.74) is 0. The largest absolute Gasteiger partial charge is 0.481 e. The minimum absolute atomic E-state index is 0.0553. The van der Waals surface area contributed by atoms with Crippen molar-refractivity contribution in [3.8, 4) is 0 Å². The molecule has 1 atom stereocenters. The van der Waals surface area contributed by atoms with Crippen molar-refractivity contribution < 1.29 is 9.90 Å². The average Bonchev–Trinajstić information content (AvgIpc) is 2.17. The summed E-state index contributed by atoms with van der Waals surface area (Å²) < 4.78 is 0. The monoisotopic (exact) mass is 184 g/mol. The van der Waals surface area contributed by atoms with Crippen LogP contribution in [0.2, 0.25) is 0 Å². The Hall–Kier alpha value is -0.530. The van der Waals surface area contributed by atoms with Crippen LogP contribution in [0.25, 0.3) is 0 Å². The maximum Gasteiger partial charge on any atom is 0.306 e. The third kappa shape index (κ3) is 2.71. The van der Waals surface area contributed by atoms with Crippen LogP contribution in [-0.4, -0.2) is 11.1 Å². The molecule has 0 spiro atoms. The third-order valence-electron chi connectivity index (χ3n) is 3.57. The Kier molecular flexibility index (Phi) is 3.76. The molecular formula is C11H20O2. The van der Waals surface area contributed by atoms with E-state index in [0.29, 0.717) is 0 Å². The molecule has 0 amide bonds. The minimum atomic E-state index is -0.595. The van der Waals surface area contributed by atoms with Crippen LogP contribution in [0.4, 0.5) is 0 Å². The zero-order valence-electron chi connectivity index (χ0n) is 8.62. The molecule has 1 N–H and O–H groups in total. The van der Waals surface area contributed by atoms with E-state index >= 15 is 0 Å². The van der Waals surface area contributed by atoms with Crippen molar-refractivity contribution in [3.63, 3.8) is 0 Å². The lowest BCUT2D eigenvalue weighted by Gasteiger charge is -2.29. The fourth-order valence-electron chi connectivity index (χ4n) is 2.27. The van der Waals surface area contributed by atoms with Gasteiger partial charge in [0.05, 0.1) is 5.92 Å². The second-order valence-corrected chi connectivity index (χ2v) is 4.34. The second kappa shape index (κ2) is 4.64. The lowest BCUT2D eigenvalue weighted by molar-refractivity contribution is -0.143. The van der Waals surface area contributed by atoms with Crippen molar-refractivity contribution in [2.45, 2.75) is 46.0 Å². The molecule has 1 aliphatic rings. The Morgan fingerprint density at radius 2 is 1.92 bits per heavy atom. The number of hydrogen-bond acceptors (Lipinski definition) is 1. The SMILES string of the molecule is CCC(C)C1CCC(C(=O)O)CC1. The van der Waals surface area contributed by atoms with E-state index in [9.17, 15) is 4.79 Å². The van der Waals surface area contributed by atoms with Crippen LogP contribution in [0.5, 0.6) is 0 Å². The quantitative estimate of drug-likeness (QED) is 0.732. The van der Waals surface area contributed by atoms with Crippen molar-refractivity contribution in [1.29, 1.82) is 0 Å². The Morgan fingerprint density at radius 1 is 1.38 bits per heavy atom. The molecule has 1 fully saturated rings. The van der Waals surface area contributed by atoms with Crippen LogP contribution in [-0.2, 0) is 4.79 Å². The average molecular weight is 184 g/mol. The van der Waals surface area contributed by atoms with Gasteiger partial charge in [0.25, 0.3) is 0 Å². The van der Waals surface area contributed by atoms with Gasteiger partial charge in [-0.2, -0.15) is 0 Å². The number of carboxylic acids is 1. The first kappa shape index (κ1) is 10.6. The van der Waals surface area contributed by atoms with Crippen LogP contribution < -0.4 is 0 Å². The molecule has 0 bridgehead atoms. The van der Waals surface area contributed by atoms with Crippen molar-refractivity contribution in [3.05, 3.63) is 0 Å². The molecule has 0 aromatic carbocycles. The van der Waals surface area contributed by atoms with Crippen LogP contribution in [0.15, 0.2) is 0 Å². The molecule has 0 aliphatic heterocycles. The highest BCUT2D eigenvalue weighted by Crippen LogP contribution is 2.34. The molecule has 1 aliphatic carbocycles. The van der Waals surface area contributed by atoms with Crippen LogP contribution in [0.3, 0.4) is 0 Å². The predicted octanol–water partition coefficient (Wildman–Crippen LogP) is 2.92. The summed E-state index contributed by atoms with van der Waals surface area (Å²) in [6.07, 6.45) is 5.25. The van der Waals surface area contributed by atoms with Crippen LogP contribution in [0.1, 0.15) is 46.0 Å². The van der Waals surface area contributed by atoms with E-state index in [1.165, 1.54) is 6.42 Å². The fourth-order valence-corrected chi connectivity index (χ4v) is 2.27. The first-order chi connectivity index (χ1) is 6.15. The highest BCUT2D eigenvalue weighted by Gasteiger charge is 2.27. The number of carboxylic acid groups (broad SMARTS) is 1. The normalized spacial score (nSPS) is 31.2. The van der Waals surface area contributed by atoms with E-state index in [2.05, 4.69) is 13.8 Å². The van der Waals surface area contributed by atoms with Gasteiger partial charge >= 0.3 is 5.97 Å². The van der Waals surface area contributed by atoms with E-state index in [0.717, 1.165) is 37.5 Å². The minimum Gasteiger partial charge on any atom is -0.481 e. The summed E-state index contributed by atoms with van der Waals surface area (Å²) in [6.45, 7) is 4.50. The van der Waals surface area contributed by atoms with Crippen molar-refractivity contribution >= 4 is 5.97 Å². The van der Waals surface area contributed by atoms with Crippen molar-refractivity contribution in [2.75, 3.05) is 0 Å². The Balaban J connectivity index is 2.34. The summed E-state index contributed by atoms with van der Waals surface area (Å²) in [5, 5.41) is 8.82. The van der Waals surface area contributed by atoms with E-state index in [1.54, 1.807) is 0 Å². The number of hydrogen-bond donors (Lipinski definition) is 1. The Labute approximate surface area is 80.3 Å². The number of aliphatic carboxylic acids is 1. The topological polar surface area (TPSA) is 37.3 Å². The summed E-state index contributed by atoms with van der Waals surface area (Å²) in [6, 6.07) is 0. The number of carbonyl (C=O) groups is 1. The molecule has 0 saturated heterocycles. The summed E-state index contributed by atoms with van der Waals surface area (Å²) >= 11 is 0. The van der Waals surface area contributed by atoms with Gasteiger partial charge in [0.1, 0.15) is 0 Å². The molecule has 1 rings (SSSR count). The molecule has 0 heterocycles. The highest BCUT2D eigenvalue weighted by molar-refractivity contribution is 5.69. The first-order valence-electron chi connectivity index (χ1n) is 5.38. The maximum atomic E-state index is 10.7. The van der Waals surface area contributed by atoms with Gasteiger partial charge in [0.2, 0.25) is 0 Å². The van der Waals surface area contributed by atoms with Gasteiger partial charge in [0, 0.05) is 0 Å². The van der Waals surface area contributed by atoms with Crippen molar-refractivity contribution in [2.24, 2.45) is 17.8 Å². The molecule has 2 nitrogen and oxygen atoms in total. The zero-order chi connectivity index (χ0) is 9.84. The molecule has 1 saturated carbocycles. The first-order valence-corrected chi connectivity index (χ1v) is 5.38. The Morgan fingerprint density at radius 3 is 2.31 bits per heavy atom. The highest BCUT2D eigenvalue weighted by atomic mass is 16.4. The molecule has 0 aromatic rings. The van der Waals surface area contributed by atoms with Crippen LogP contribution >= 0.6 is 0 Å². The molecule has 13 heavy (non-hydrogen) atoms. The van der Waals surface area contributed by atoms with Gasteiger partial charge in [-0.15, -0.1) is 0 Å². The van der Waals surface area contributed by atoms with Gasteiger partial charge in [-0.1, -0.05) is 20.3 Å². The van der Waals surface area contributed by atoms with Gasteiger partial charge in [-0.25, -0.2) is 0 Å². The van der Waals surface area contributed by atoms with E-state index in [4.69, 9.17) is 5.11 Å². The second-order valence-electron chi connectivity index (χ2n) is 4.34.